The van der Waals surface area contributed by atoms with Crippen molar-refractivity contribution < 1.29 is 0 Å². The van der Waals surface area contributed by atoms with Crippen molar-refractivity contribution in [3.05, 3.63) is 18.2 Å². The molecule has 1 saturated heterocycles. The van der Waals surface area contributed by atoms with E-state index < -0.39 is 0 Å². The second-order valence-electron chi connectivity index (χ2n) is 5.83. The lowest BCUT2D eigenvalue weighted by molar-refractivity contribution is 0.351. The molecule has 1 fully saturated rings. The number of hydrogen-bond acceptors (Lipinski definition) is 3. The minimum Gasteiger partial charge on any atom is -0.370 e. The predicted molar refractivity (Wildman–Crippen MR) is 82.8 cm³/mol. The first-order chi connectivity index (χ1) is 9.20. The first kappa shape index (κ1) is 14.2. The van der Waals surface area contributed by atoms with E-state index in [0.29, 0.717) is 0 Å². The second kappa shape index (κ2) is 6.78. The first-order valence-electron chi connectivity index (χ1n) is 7.66. The Morgan fingerprint density at radius 3 is 2.89 bits per heavy atom. The molecule has 19 heavy (non-hydrogen) atoms. The van der Waals surface area contributed by atoms with Crippen LogP contribution < -0.4 is 10.2 Å². The van der Waals surface area contributed by atoms with Crippen molar-refractivity contribution in [3.63, 3.8) is 0 Å². The van der Waals surface area contributed by atoms with Gasteiger partial charge in [-0.15, -0.1) is 0 Å². The van der Waals surface area contributed by atoms with Crippen LogP contribution in [0.1, 0.15) is 40.0 Å². The molecule has 1 aliphatic heterocycles. The number of aromatic nitrogens is 1. The molecule has 1 aromatic rings. The van der Waals surface area contributed by atoms with Crippen molar-refractivity contribution >= 4 is 11.6 Å². The van der Waals surface area contributed by atoms with E-state index in [9.17, 15) is 0 Å². The van der Waals surface area contributed by atoms with Gasteiger partial charge >= 0.3 is 0 Å². The fraction of sp³-hybridized carbons (Fsp3) is 0.688. The molecule has 1 aromatic heterocycles. The van der Waals surface area contributed by atoms with Gasteiger partial charge in [0.2, 0.25) is 0 Å². The minimum absolute atomic E-state index is 0.806. The van der Waals surface area contributed by atoms with E-state index in [1.165, 1.54) is 19.3 Å². The van der Waals surface area contributed by atoms with Crippen molar-refractivity contribution in [2.24, 2.45) is 11.8 Å². The van der Waals surface area contributed by atoms with Crippen LogP contribution in [-0.2, 0) is 0 Å². The summed E-state index contributed by atoms with van der Waals surface area (Å²) < 4.78 is 0. The molecule has 2 rings (SSSR count). The van der Waals surface area contributed by atoms with Crippen molar-refractivity contribution in [1.82, 2.24) is 4.98 Å². The number of anilines is 2. The Morgan fingerprint density at radius 2 is 2.16 bits per heavy atom. The molecule has 106 valence electrons. The van der Waals surface area contributed by atoms with E-state index in [2.05, 4.69) is 43.1 Å². The Labute approximate surface area is 117 Å². The summed E-state index contributed by atoms with van der Waals surface area (Å²) in [6.07, 6.45) is 3.95. The van der Waals surface area contributed by atoms with Gasteiger partial charge in [-0.05, 0) is 50.2 Å². The van der Waals surface area contributed by atoms with Crippen LogP contribution in [0.2, 0.25) is 0 Å². The Morgan fingerprint density at radius 1 is 1.32 bits per heavy atom. The molecular weight excluding hydrogens is 234 g/mol. The van der Waals surface area contributed by atoms with E-state index in [1.54, 1.807) is 0 Å². The summed E-state index contributed by atoms with van der Waals surface area (Å²) in [7, 11) is 0. The summed E-state index contributed by atoms with van der Waals surface area (Å²) in [5, 5.41) is 3.29. The van der Waals surface area contributed by atoms with Crippen LogP contribution in [0.5, 0.6) is 0 Å². The zero-order valence-corrected chi connectivity index (χ0v) is 12.5. The van der Waals surface area contributed by atoms with E-state index >= 15 is 0 Å². The average Bonchev–Trinajstić information content (AvgIpc) is 2.65. The SMILES string of the molecule is CCNc1cccc(N2CCCC(C(C)C)CC2)n1. The molecule has 0 amide bonds. The molecule has 0 saturated carbocycles. The van der Waals surface area contributed by atoms with Gasteiger partial charge in [-0.1, -0.05) is 19.9 Å². The summed E-state index contributed by atoms with van der Waals surface area (Å²) >= 11 is 0. The number of hydrogen-bond donors (Lipinski definition) is 1. The molecule has 1 unspecified atom stereocenters. The maximum atomic E-state index is 4.71. The van der Waals surface area contributed by atoms with Crippen LogP contribution in [-0.4, -0.2) is 24.6 Å². The fourth-order valence-corrected chi connectivity index (χ4v) is 2.90. The largest absolute Gasteiger partial charge is 0.370 e. The maximum Gasteiger partial charge on any atom is 0.130 e. The van der Waals surface area contributed by atoms with Gasteiger partial charge in [0, 0.05) is 19.6 Å². The Balaban J connectivity index is 2.03. The van der Waals surface area contributed by atoms with Crippen LogP contribution in [0, 0.1) is 11.8 Å². The van der Waals surface area contributed by atoms with E-state index in [-0.39, 0.29) is 0 Å². The highest BCUT2D eigenvalue weighted by atomic mass is 15.2. The molecule has 3 heteroatoms. The van der Waals surface area contributed by atoms with Crippen molar-refractivity contribution in [1.29, 1.82) is 0 Å². The monoisotopic (exact) mass is 261 g/mol. The zero-order valence-electron chi connectivity index (χ0n) is 12.5. The maximum absolute atomic E-state index is 4.71. The fourth-order valence-electron chi connectivity index (χ4n) is 2.90. The van der Waals surface area contributed by atoms with Gasteiger partial charge in [0.1, 0.15) is 11.6 Å². The summed E-state index contributed by atoms with van der Waals surface area (Å²) in [6, 6.07) is 6.28. The lowest BCUT2D eigenvalue weighted by Gasteiger charge is -2.23. The van der Waals surface area contributed by atoms with Crippen molar-refractivity contribution in [2.75, 3.05) is 29.9 Å². The van der Waals surface area contributed by atoms with Gasteiger partial charge in [0.05, 0.1) is 0 Å². The minimum atomic E-state index is 0.806. The van der Waals surface area contributed by atoms with Crippen molar-refractivity contribution in [3.8, 4) is 0 Å². The molecule has 0 radical (unpaired) electrons. The molecule has 1 aliphatic rings. The number of nitrogens with one attached hydrogen (secondary N) is 1. The van der Waals surface area contributed by atoms with Crippen LogP contribution in [0.4, 0.5) is 11.6 Å². The highest BCUT2D eigenvalue weighted by molar-refractivity contribution is 5.47. The van der Waals surface area contributed by atoms with Crippen LogP contribution in [0.15, 0.2) is 18.2 Å². The highest BCUT2D eigenvalue weighted by Crippen LogP contribution is 2.26. The van der Waals surface area contributed by atoms with Gasteiger partial charge < -0.3 is 10.2 Å². The van der Waals surface area contributed by atoms with Gasteiger partial charge in [-0.2, -0.15) is 0 Å². The summed E-state index contributed by atoms with van der Waals surface area (Å²) in [4.78, 5) is 7.16. The quantitative estimate of drug-likeness (QED) is 0.894. The molecule has 2 heterocycles. The third-order valence-corrected chi connectivity index (χ3v) is 4.13. The normalized spacial score (nSPS) is 20.4. The smallest absolute Gasteiger partial charge is 0.130 e. The average molecular weight is 261 g/mol. The number of nitrogens with zero attached hydrogens (tertiary/aromatic N) is 2. The summed E-state index contributed by atoms with van der Waals surface area (Å²) in [5.74, 6) is 3.80. The zero-order chi connectivity index (χ0) is 13.7. The molecule has 3 nitrogen and oxygen atoms in total. The predicted octanol–water partition coefficient (Wildman–Crippen LogP) is 3.78. The van der Waals surface area contributed by atoms with Gasteiger partial charge in [0.15, 0.2) is 0 Å². The topological polar surface area (TPSA) is 28.2 Å². The third kappa shape index (κ3) is 3.85. The molecule has 0 aliphatic carbocycles. The number of rotatable bonds is 4. The number of pyridine rings is 1. The van der Waals surface area contributed by atoms with Crippen LogP contribution >= 0.6 is 0 Å². The van der Waals surface area contributed by atoms with Gasteiger partial charge in [-0.25, -0.2) is 4.98 Å². The highest BCUT2D eigenvalue weighted by Gasteiger charge is 2.20. The van der Waals surface area contributed by atoms with E-state index in [1.807, 2.05) is 6.07 Å². The van der Waals surface area contributed by atoms with Crippen LogP contribution in [0.25, 0.3) is 0 Å². The van der Waals surface area contributed by atoms with Crippen molar-refractivity contribution in [2.45, 2.75) is 40.0 Å². The molecule has 0 spiro atoms. The summed E-state index contributed by atoms with van der Waals surface area (Å²) in [6.45, 7) is 10.0. The lowest BCUT2D eigenvalue weighted by Crippen LogP contribution is -2.25. The molecule has 0 aromatic carbocycles. The first-order valence-corrected chi connectivity index (χ1v) is 7.66. The molecular formula is C16H27N3. The third-order valence-electron chi connectivity index (χ3n) is 4.13. The Hall–Kier alpha value is -1.25. The molecule has 1 atom stereocenters. The second-order valence-corrected chi connectivity index (χ2v) is 5.83. The standard InChI is InChI=1S/C16H27N3/c1-4-17-15-8-5-9-16(18-15)19-11-6-7-14(10-12-19)13(2)3/h5,8-9,13-14H,4,6-7,10-12H2,1-3H3,(H,17,18). The Bertz CT molecular complexity index is 389. The lowest BCUT2D eigenvalue weighted by atomic mass is 9.89. The van der Waals surface area contributed by atoms with Gasteiger partial charge in [-0.3, -0.25) is 0 Å². The van der Waals surface area contributed by atoms with E-state index in [0.717, 1.165) is 43.1 Å². The molecule has 1 N–H and O–H groups in total. The molecule has 0 bridgehead atoms. The van der Waals surface area contributed by atoms with Crippen LogP contribution in [0.3, 0.4) is 0 Å². The summed E-state index contributed by atoms with van der Waals surface area (Å²) in [5.41, 5.74) is 0. The van der Waals surface area contributed by atoms with Gasteiger partial charge in [0.25, 0.3) is 0 Å². The Kier molecular flexibility index (Phi) is 5.06. The van der Waals surface area contributed by atoms with E-state index in [4.69, 9.17) is 4.98 Å².